The summed E-state index contributed by atoms with van der Waals surface area (Å²) >= 11 is 0. The van der Waals surface area contributed by atoms with E-state index in [0.29, 0.717) is 11.8 Å². The van der Waals surface area contributed by atoms with Crippen LogP contribution in [-0.2, 0) is 11.8 Å². The molecule has 1 aliphatic rings. The lowest BCUT2D eigenvalue weighted by Gasteiger charge is -2.26. The van der Waals surface area contributed by atoms with Crippen LogP contribution in [0.1, 0.15) is 56.7 Å². The lowest BCUT2D eigenvalue weighted by atomic mass is 9.83. The third-order valence-corrected chi connectivity index (χ3v) is 4.02. The van der Waals surface area contributed by atoms with Crippen molar-refractivity contribution < 1.29 is 5.11 Å². The number of benzene rings is 1. The average Bonchev–Trinajstić information content (AvgIpc) is 2.33. The molecule has 1 aromatic rings. The Kier molecular flexibility index (Phi) is 4.19. The van der Waals surface area contributed by atoms with E-state index < -0.39 is 0 Å². The van der Waals surface area contributed by atoms with Crippen LogP contribution in [0.3, 0.4) is 0 Å². The molecule has 2 N–H and O–H groups in total. The Morgan fingerprint density at radius 3 is 2.58 bits per heavy atom. The molecule has 19 heavy (non-hydrogen) atoms. The first kappa shape index (κ1) is 14.4. The van der Waals surface area contributed by atoms with Crippen LogP contribution in [0.4, 0.5) is 0 Å². The van der Waals surface area contributed by atoms with Crippen LogP contribution in [0.25, 0.3) is 0 Å². The van der Waals surface area contributed by atoms with E-state index in [2.05, 4.69) is 45.1 Å². The van der Waals surface area contributed by atoms with E-state index in [-0.39, 0.29) is 5.41 Å². The number of rotatable bonds is 2. The van der Waals surface area contributed by atoms with Crippen LogP contribution in [0.15, 0.2) is 12.1 Å². The third kappa shape index (κ3) is 3.50. The van der Waals surface area contributed by atoms with Gasteiger partial charge in [0.05, 0.1) is 0 Å². The fourth-order valence-corrected chi connectivity index (χ4v) is 2.94. The lowest BCUT2D eigenvalue weighted by molar-refractivity contribution is 0.388. The number of aryl methyl sites for hydroxylation is 1. The van der Waals surface area contributed by atoms with Gasteiger partial charge in [0.25, 0.3) is 0 Å². The van der Waals surface area contributed by atoms with Gasteiger partial charge in [0.15, 0.2) is 0 Å². The molecule has 2 nitrogen and oxygen atoms in total. The monoisotopic (exact) mass is 261 g/mol. The number of phenolic OH excluding ortho intramolecular Hbond substituents is 1. The largest absolute Gasteiger partial charge is 0.507 e. The van der Waals surface area contributed by atoms with Gasteiger partial charge in [-0.25, -0.2) is 0 Å². The minimum atomic E-state index is -0.00908. The van der Waals surface area contributed by atoms with E-state index >= 15 is 0 Å². The second-order valence-electron chi connectivity index (χ2n) is 6.92. The first-order chi connectivity index (χ1) is 8.88. The molecule has 1 aliphatic heterocycles. The highest BCUT2D eigenvalue weighted by Gasteiger charge is 2.22. The van der Waals surface area contributed by atoms with Crippen LogP contribution in [-0.4, -0.2) is 17.7 Å². The molecule has 1 saturated heterocycles. The first-order valence-corrected chi connectivity index (χ1v) is 7.44. The molecule has 1 heterocycles. The average molecular weight is 261 g/mol. The molecule has 0 amide bonds. The molecular formula is C17H27NO. The Hall–Kier alpha value is -1.02. The van der Waals surface area contributed by atoms with Crippen LogP contribution in [0, 0.1) is 6.92 Å². The summed E-state index contributed by atoms with van der Waals surface area (Å²) in [7, 11) is 0. The van der Waals surface area contributed by atoms with Crippen molar-refractivity contribution in [3.63, 3.8) is 0 Å². The maximum Gasteiger partial charge on any atom is 0.122 e. The van der Waals surface area contributed by atoms with Gasteiger partial charge in [-0.3, -0.25) is 0 Å². The number of hydrogen-bond acceptors (Lipinski definition) is 2. The summed E-state index contributed by atoms with van der Waals surface area (Å²) in [6, 6.07) is 4.78. The molecule has 0 radical (unpaired) electrons. The number of aromatic hydroxyl groups is 1. The van der Waals surface area contributed by atoms with Crippen molar-refractivity contribution in [2.45, 2.75) is 64.8 Å². The van der Waals surface area contributed by atoms with Crippen LogP contribution in [0.2, 0.25) is 0 Å². The number of hydrogen-bond donors (Lipinski definition) is 2. The van der Waals surface area contributed by atoms with E-state index in [1.807, 2.05) is 0 Å². The van der Waals surface area contributed by atoms with E-state index in [4.69, 9.17) is 0 Å². The molecule has 0 saturated carbocycles. The quantitative estimate of drug-likeness (QED) is 0.851. The minimum Gasteiger partial charge on any atom is -0.507 e. The lowest BCUT2D eigenvalue weighted by Crippen LogP contribution is -2.35. The van der Waals surface area contributed by atoms with Crippen molar-refractivity contribution in [2.24, 2.45) is 0 Å². The van der Waals surface area contributed by atoms with Crippen LogP contribution < -0.4 is 5.32 Å². The fraction of sp³-hybridized carbons (Fsp3) is 0.647. The predicted octanol–water partition coefficient (Wildman–Crippen LogP) is 3.68. The third-order valence-electron chi connectivity index (χ3n) is 4.02. The highest BCUT2D eigenvalue weighted by molar-refractivity contribution is 5.47. The predicted molar refractivity (Wildman–Crippen MR) is 80.9 cm³/mol. The van der Waals surface area contributed by atoms with E-state index in [1.165, 1.54) is 24.8 Å². The minimum absolute atomic E-state index is 0.00908. The standard InChI is InChI=1S/C17H27NO/c1-12-9-13(11-14-7-5-6-8-18-14)16(19)15(10-12)17(2,3)4/h9-10,14,18-19H,5-8,11H2,1-4H3. The van der Waals surface area contributed by atoms with Gasteiger partial charge in [0.1, 0.15) is 5.75 Å². The van der Waals surface area contributed by atoms with Gasteiger partial charge in [0, 0.05) is 6.04 Å². The van der Waals surface area contributed by atoms with E-state index in [9.17, 15) is 5.11 Å². The Morgan fingerprint density at radius 2 is 2.00 bits per heavy atom. The number of piperidine rings is 1. The molecule has 2 heteroatoms. The van der Waals surface area contributed by atoms with Gasteiger partial charge < -0.3 is 10.4 Å². The van der Waals surface area contributed by atoms with Gasteiger partial charge in [-0.15, -0.1) is 0 Å². The van der Waals surface area contributed by atoms with Gasteiger partial charge >= 0.3 is 0 Å². The maximum absolute atomic E-state index is 10.6. The second-order valence-corrected chi connectivity index (χ2v) is 6.92. The maximum atomic E-state index is 10.6. The van der Waals surface area contributed by atoms with Crippen molar-refractivity contribution in [2.75, 3.05) is 6.54 Å². The summed E-state index contributed by atoms with van der Waals surface area (Å²) in [5.74, 6) is 0.505. The Balaban J connectivity index is 2.27. The van der Waals surface area contributed by atoms with Gasteiger partial charge in [-0.1, -0.05) is 44.9 Å². The normalized spacial score (nSPS) is 20.5. The van der Waals surface area contributed by atoms with Crippen LogP contribution >= 0.6 is 0 Å². The Labute approximate surface area is 117 Å². The van der Waals surface area contributed by atoms with Crippen molar-refractivity contribution in [1.82, 2.24) is 5.32 Å². The zero-order chi connectivity index (χ0) is 14.0. The molecular weight excluding hydrogens is 234 g/mol. The highest BCUT2D eigenvalue weighted by Crippen LogP contribution is 2.35. The SMILES string of the molecule is Cc1cc(CC2CCCCN2)c(O)c(C(C)(C)C)c1. The summed E-state index contributed by atoms with van der Waals surface area (Å²) in [5.41, 5.74) is 3.40. The fourth-order valence-electron chi connectivity index (χ4n) is 2.94. The molecule has 106 valence electrons. The summed E-state index contributed by atoms with van der Waals surface area (Å²) in [4.78, 5) is 0. The molecule has 1 aromatic carbocycles. The van der Waals surface area contributed by atoms with Gasteiger partial charge in [-0.2, -0.15) is 0 Å². The Bertz CT molecular complexity index is 439. The summed E-state index contributed by atoms with van der Waals surface area (Å²) in [6.07, 6.45) is 4.74. The summed E-state index contributed by atoms with van der Waals surface area (Å²) in [5, 5.41) is 14.1. The first-order valence-electron chi connectivity index (χ1n) is 7.44. The highest BCUT2D eigenvalue weighted by atomic mass is 16.3. The van der Waals surface area contributed by atoms with Crippen molar-refractivity contribution in [3.05, 3.63) is 28.8 Å². The molecule has 0 bridgehead atoms. The topological polar surface area (TPSA) is 32.3 Å². The Morgan fingerprint density at radius 1 is 1.26 bits per heavy atom. The zero-order valence-corrected chi connectivity index (χ0v) is 12.7. The van der Waals surface area contributed by atoms with Crippen molar-refractivity contribution in [1.29, 1.82) is 0 Å². The van der Waals surface area contributed by atoms with Gasteiger partial charge in [-0.05, 0) is 49.3 Å². The molecule has 0 aliphatic carbocycles. The van der Waals surface area contributed by atoms with Crippen molar-refractivity contribution in [3.8, 4) is 5.75 Å². The number of nitrogens with one attached hydrogen (secondary N) is 1. The van der Waals surface area contributed by atoms with Crippen LogP contribution in [0.5, 0.6) is 5.75 Å². The summed E-state index contributed by atoms with van der Waals surface area (Å²) < 4.78 is 0. The molecule has 0 aromatic heterocycles. The molecule has 0 spiro atoms. The molecule has 1 fully saturated rings. The number of phenols is 1. The second kappa shape index (κ2) is 5.54. The van der Waals surface area contributed by atoms with Gasteiger partial charge in [0.2, 0.25) is 0 Å². The molecule has 1 atom stereocenters. The zero-order valence-electron chi connectivity index (χ0n) is 12.7. The molecule has 1 unspecified atom stereocenters. The molecule has 2 rings (SSSR count). The smallest absolute Gasteiger partial charge is 0.122 e. The van der Waals surface area contributed by atoms with Crippen molar-refractivity contribution >= 4 is 0 Å². The summed E-state index contributed by atoms with van der Waals surface area (Å²) in [6.45, 7) is 9.70. The van der Waals surface area contributed by atoms with E-state index in [1.54, 1.807) is 0 Å². The van der Waals surface area contributed by atoms with E-state index in [0.717, 1.165) is 24.1 Å².